The number of fused-ring (bicyclic) bond motifs is 2. The van der Waals surface area contributed by atoms with Crippen LogP contribution in [0, 0.1) is 11.6 Å². The lowest BCUT2D eigenvalue weighted by molar-refractivity contribution is 0.541. The molecule has 0 atom stereocenters. The van der Waals surface area contributed by atoms with Crippen molar-refractivity contribution in [3.8, 4) is 11.1 Å². The number of H-pyrrole nitrogens is 1. The number of rotatable bonds is 3. The van der Waals surface area contributed by atoms with E-state index in [1.807, 2.05) is 6.07 Å². The standard InChI is InChI=1S/C21H13F2N5O/c22-17-7-12(13-3-1-5-19-15(13)9-26-27-19)8-18(23)16(17)10-28-11-25-20-14(21(28)29)4-2-6-24-20/h1-9,11H,10H2,(H,26,27). The van der Waals surface area contributed by atoms with Crippen molar-refractivity contribution in [1.29, 1.82) is 0 Å². The fourth-order valence-electron chi connectivity index (χ4n) is 3.41. The minimum absolute atomic E-state index is 0.208. The molecule has 0 bridgehead atoms. The van der Waals surface area contributed by atoms with Crippen molar-refractivity contribution in [1.82, 2.24) is 24.7 Å². The van der Waals surface area contributed by atoms with Crippen LogP contribution in [0.3, 0.4) is 0 Å². The molecule has 29 heavy (non-hydrogen) atoms. The highest BCUT2D eigenvalue weighted by atomic mass is 19.1. The second-order valence-corrected chi connectivity index (χ2v) is 6.61. The lowest BCUT2D eigenvalue weighted by atomic mass is 10.00. The molecule has 0 saturated carbocycles. The number of pyridine rings is 1. The van der Waals surface area contributed by atoms with E-state index in [2.05, 4.69) is 20.2 Å². The fourth-order valence-corrected chi connectivity index (χ4v) is 3.41. The van der Waals surface area contributed by atoms with Crippen LogP contribution in [-0.2, 0) is 6.54 Å². The summed E-state index contributed by atoms with van der Waals surface area (Å²) in [5.41, 5.74) is 1.50. The minimum Gasteiger partial charge on any atom is -0.294 e. The summed E-state index contributed by atoms with van der Waals surface area (Å²) >= 11 is 0. The summed E-state index contributed by atoms with van der Waals surface area (Å²) in [6, 6.07) is 11.1. The molecule has 0 spiro atoms. The van der Waals surface area contributed by atoms with Gasteiger partial charge >= 0.3 is 0 Å². The Balaban J connectivity index is 1.58. The van der Waals surface area contributed by atoms with E-state index in [0.29, 0.717) is 22.2 Å². The number of nitrogens with zero attached hydrogens (tertiary/aromatic N) is 4. The number of benzene rings is 2. The maximum atomic E-state index is 14.8. The molecule has 8 heteroatoms. The molecule has 0 fully saturated rings. The zero-order valence-electron chi connectivity index (χ0n) is 14.9. The number of aromatic nitrogens is 5. The summed E-state index contributed by atoms with van der Waals surface area (Å²) in [6.07, 6.45) is 4.39. The fraction of sp³-hybridized carbons (Fsp3) is 0.0476. The maximum absolute atomic E-state index is 14.8. The van der Waals surface area contributed by atoms with Crippen LogP contribution in [0.4, 0.5) is 8.78 Å². The highest BCUT2D eigenvalue weighted by Crippen LogP contribution is 2.30. The van der Waals surface area contributed by atoms with Gasteiger partial charge in [0.2, 0.25) is 0 Å². The zero-order valence-corrected chi connectivity index (χ0v) is 14.9. The van der Waals surface area contributed by atoms with Crippen molar-refractivity contribution in [2.75, 3.05) is 0 Å². The molecule has 6 nitrogen and oxygen atoms in total. The summed E-state index contributed by atoms with van der Waals surface area (Å²) in [5.74, 6) is -1.47. The van der Waals surface area contributed by atoms with Crippen LogP contribution in [0.5, 0.6) is 0 Å². The molecule has 0 aliphatic carbocycles. The predicted octanol–water partition coefficient (Wildman–Crippen LogP) is 3.66. The van der Waals surface area contributed by atoms with Crippen LogP contribution < -0.4 is 5.56 Å². The summed E-state index contributed by atoms with van der Waals surface area (Å²) in [7, 11) is 0. The lowest BCUT2D eigenvalue weighted by Crippen LogP contribution is -2.22. The molecule has 142 valence electrons. The molecule has 0 saturated heterocycles. The number of aromatic amines is 1. The van der Waals surface area contributed by atoms with E-state index in [1.165, 1.54) is 29.2 Å². The second kappa shape index (κ2) is 6.59. The van der Waals surface area contributed by atoms with E-state index in [9.17, 15) is 13.6 Å². The molecule has 5 aromatic rings. The van der Waals surface area contributed by atoms with Gasteiger partial charge in [-0.15, -0.1) is 0 Å². The highest BCUT2D eigenvalue weighted by molar-refractivity contribution is 5.94. The Hall–Kier alpha value is -3.94. The van der Waals surface area contributed by atoms with E-state index < -0.39 is 17.2 Å². The van der Waals surface area contributed by atoms with Crippen LogP contribution in [0.1, 0.15) is 5.56 Å². The van der Waals surface area contributed by atoms with Crippen LogP contribution in [0.15, 0.2) is 66.0 Å². The molecule has 0 aliphatic rings. The third-order valence-electron chi connectivity index (χ3n) is 4.86. The normalized spacial score (nSPS) is 11.4. The molecular formula is C21H13F2N5O. The van der Waals surface area contributed by atoms with Gasteiger partial charge < -0.3 is 0 Å². The second-order valence-electron chi connectivity index (χ2n) is 6.61. The van der Waals surface area contributed by atoms with Gasteiger partial charge in [-0.1, -0.05) is 12.1 Å². The number of halogens is 2. The Bertz CT molecular complexity index is 1420. The Morgan fingerprint density at radius 1 is 1.00 bits per heavy atom. The van der Waals surface area contributed by atoms with Gasteiger partial charge in [0.1, 0.15) is 18.0 Å². The number of hydrogen-bond acceptors (Lipinski definition) is 4. The molecule has 2 aromatic carbocycles. The molecule has 3 heterocycles. The van der Waals surface area contributed by atoms with E-state index in [4.69, 9.17) is 0 Å². The Morgan fingerprint density at radius 2 is 1.83 bits per heavy atom. The Morgan fingerprint density at radius 3 is 2.66 bits per heavy atom. The van der Waals surface area contributed by atoms with Gasteiger partial charge in [0.25, 0.3) is 5.56 Å². The van der Waals surface area contributed by atoms with Gasteiger partial charge in [-0.2, -0.15) is 5.10 Å². The van der Waals surface area contributed by atoms with E-state index in [0.717, 1.165) is 10.9 Å². The first-order valence-corrected chi connectivity index (χ1v) is 8.82. The van der Waals surface area contributed by atoms with Gasteiger partial charge in [-0.25, -0.2) is 18.7 Å². The first kappa shape index (κ1) is 17.2. The molecule has 1 N–H and O–H groups in total. The molecule has 0 radical (unpaired) electrons. The van der Waals surface area contributed by atoms with Gasteiger partial charge in [0.05, 0.1) is 23.6 Å². The van der Waals surface area contributed by atoms with Gasteiger partial charge in [-0.05, 0) is 41.5 Å². The molecule has 3 aromatic heterocycles. The lowest BCUT2D eigenvalue weighted by Gasteiger charge is -2.11. The number of hydrogen-bond donors (Lipinski definition) is 1. The predicted molar refractivity (Wildman–Crippen MR) is 104 cm³/mol. The molecular weight excluding hydrogens is 376 g/mol. The Kier molecular flexibility index (Phi) is 3.90. The van der Waals surface area contributed by atoms with Gasteiger partial charge in [-0.3, -0.25) is 14.5 Å². The van der Waals surface area contributed by atoms with Crippen molar-refractivity contribution in [3.63, 3.8) is 0 Å². The van der Waals surface area contributed by atoms with Crippen molar-refractivity contribution in [2.24, 2.45) is 0 Å². The summed E-state index contributed by atoms with van der Waals surface area (Å²) < 4.78 is 30.9. The summed E-state index contributed by atoms with van der Waals surface area (Å²) in [5, 5.41) is 7.87. The van der Waals surface area contributed by atoms with Gasteiger partial charge in [0, 0.05) is 17.1 Å². The van der Waals surface area contributed by atoms with Crippen molar-refractivity contribution >= 4 is 21.9 Å². The molecule has 5 rings (SSSR count). The quantitative estimate of drug-likeness (QED) is 0.511. The largest absolute Gasteiger partial charge is 0.294 e. The minimum atomic E-state index is -0.737. The third-order valence-corrected chi connectivity index (χ3v) is 4.86. The Labute approximate surface area is 162 Å². The first-order chi connectivity index (χ1) is 14.1. The first-order valence-electron chi connectivity index (χ1n) is 8.82. The molecule has 0 unspecified atom stereocenters. The van der Waals surface area contributed by atoms with Crippen LogP contribution in [0.25, 0.3) is 33.1 Å². The zero-order chi connectivity index (χ0) is 20.0. The van der Waals surface area contributed by atoms with Crippen molar-refractivity contribution < 1.29 is 8.78 Å². The van der Waals surface area contributed by atoms with Crippen LogP contribution >= 0.6 is 0 Å². The SMILES string of the molecule is O=c1c2cccnc2ncn1Cc1c(F)cc(-c2cccc3[nH]ncc23)cc1F. The van der Waals surface area contributed by atoms with Crippen molar-refractivity contribution in [2.45, 2.75) is 6.54 Å². The highest BCUT2D eigenvalue weighted by Gasteiger charge is 2.16. The van der Waals surface area contributed by atoms with Crippen LogP contribution in [-0.4, -0.2) is 24.7 Å². The van der Waals surface area contributed by atoms with Crippen LogP contribution in [0.2, 0.25) is 0 Å². The average Bonchev–Trinajstić information content (AvgIpc) is 3.21. The summed E-state index contributed by atoms with van der Waals surface area (Å²) in [4.78, 5) is 20.7. The monoisotopic (exact) mass is 389 g/mol. The summed E-state index contributed by atoms with van der Waals surface area (Å²) in [6.45, 7) is -0.273. The smallest absolute Gasteiger partial charge is 0.263 e. The molecule has 0 aliphatic heterocycles. The van der Waals surface area contributed by atoms with Crippen molar-refractivity contribution in [3.05, 3.63) is 88.7 Å². The van der Waals surface area contributed by atoms with E-state index in [-0.39, 0.29) is 12.1 Å². The molecule has 0 amide bonds. The van der Waals surface area contributed by atoms with E-state index in [1.54, 1.807) is 30.5 Å². The topological polar surface area (TPSA) is 76.5 Å². The average molecular weight is 389 g/mol. The maximum Gasteiger partial charge on any atom is 0.263 e. The van der Waals surface area contributed by atoms with Gasteiger partial charge in [0.15, 0.2) is 5.65 Å². The third kappa shape index (κ3) is 2.85. The number of nitrogens with one attached hydrogen (secondary N) is 1. The van der Waals surface area contributed by atoms with E-state index >= 15 is 0 Å².